The Balaban J connectivity index is 1.17. The molecule has 0 aliphatic heterocycles. The quantitative estimate of drug-likeness (QED) is 0.187. The van der Waals surface area contributed by atoms with Crippen LogP contribution in [0.25, 0.3) is 98.8 Å². The highest BCUT2D eigenvalue weighted by Gasteiger charge is 2.22. The van der Waals surface area contributed by atoms with Gasteiger partial charge in [-0.1, -0.05) is 97.1 Å². The van der Waals surface area contributed by atoms with Crippen molar-refractivity contribution in [1.82, 2.24) is 9.13 Å². The van der Waals surface area contributed by atoms with Gasteiger partial charge in [-0.15, -0.1) is 0 Å². The van der Waals surface area contributed by atoms with E-state index in [1.807, 2.05) is 36.4 Å². The van der Waals surface area contributed by atoms with Crippen LogP contribution in [0.4, 0.5) is 0 Å². The molecule has 244 valence electrons. The molecule has 11 aromatic rings. The van der Waals surface area contributed by atoms with Gasteiger partial charge in [0.1, 0.15) is 23.3 Å². The third-order valence-electron chi connectivity index (χ3n) is 10.8. The maximum Gasteiger partial charge on any atom is 0.136 e. The zero-order chi connectivity index (χ0) is 35.2. The smallest absolute Gasteiger partial charge is 0.136 e. The fourth-order valence-electron chi connectivity index (χ4n) is 8.44. The van der Waals surface area contributed by atoms with Crippen LogP contribution in [-0.4, -0.2) is 9.13 Å². The van der Waals surface area contributed by atoms with Gasteiger partial charge in [-0.2, -0.15) is 10.5 Å². The maximum absolute atomic E-state index is 10.6. The molecule has 0 saturated heterocycles. The molecule has 0 radical (unpaired) electrons. The Hall–Kier alpha value is -7.60. The second kappa shape index (κ2) is 10.9. The third kappa shape index (κ3) is 4.11. The number of benzene rings is 8. The van der Waals surface area contributed by atoms with Gasteiger partial charge in [0.25, 0.3) is 0 Å². The van der Waals surface area contributed by atoms with Crippen molar-refractivity contribution in [2.75, 3.05) is 0 Å². The van der Waals surface area contributed by atoms with E-state index < -0.39 is 0 Å². The third-order valence-corrected chi connectivity index (χ3v) is 10.8. The van der Waals surface area contributed by atoms with Crippen molar-refractivity contribution < 1.29 is 4.42 Å². The summed E-state index contributed by atoms with van der Waals surface area (Å²) < 4.78 is 10.6. The normalized spacial score (nSPS) is 11.7. The Morgan fingerprint density at radius 2 is 0.962 bits per heavy atom. The van der Waals surface area contributed by atoms with Crippen LogP contribution in [0.15, 0.2) is 162 Å². The lowest BCUT2D eigenvalue weighted by Crippen LogP contribution is -2.04. The van der Waals surface area contributed by atoms with Gasteiger partial charge < -0.3 is 13.6 Å². The number of nitrogens with zero attached hydrogens (tertiary/aromatic N) is 4. The summed E-state index contributed by atoms with van der Waals surface area (Å²) in [7, 11) is 0. The summed E-state index contributed by atoms with van der Waals surface area (Å²) in [6.45, 7) is 0. The number of nitriles is 2. The number of hydrogen-bond donors (Lipinski definition) is 0. The zero-order valence-corrected chi connectivity index (χ0v) is 28.2. The molecule has 0 amide bonds. The molecule has 0 bridgehead atoms. The van der Waals surface area contributed by atoms with Crippen LogP contribution in [-0.2, 0) is 0 Å². The number of para-hydroxylation sites is 3. The van der Waals surface area contributed by atoms with E-state index in [0.29, 0.717) is 11.1 Å². The number of aromatic nitrogens is 2. The Kier molecular flexibility index (Phi) is 6.02. The molecule has 0 aliphatic carbocycles. The molecule has 8 aromatic carbocycles. The fraction of sp³-hybridized carbons (Fsp3) is 0. The lowest BCUT2D eigenvalue weighted by Gasteiger charge is -2.16. The Morgan fingerprint density at radius 1 is 0.396 bits per heavy atom. The SMILES string of the molecule is N#Cc1cc(C#N)c(-n2c3ccccc3c3c4ccccc4ccc32)cc1-n1c2ccccc2c2cc(-c3ccc4c(c3)oc3ccccc34)ccc21. The monoisotopic (exact) mass is 674 g/mol. The molecule has 0 N–H and O–H groups in total. The minimum Gasteiger partial charge on any atom is -0.456 e. The first-order chi connectivity index (χ1) is 26.2. The van der Waals surface area contributed by atoms with Gasteiger partial charge in [0.05, 0.1) is 44.6 Å². The molecule has 3 aromatic heterocycles. The summed E-state index contributed by atoms with van der Waals surface area (Å²) in [6, 6.07) is 59.0. The van der Waals surface area contributed by atoms with Crippen molar-refractivity contribution in [3.63, 3.8) is 0 Å². The molecule has 5 heteroatoms. The molecule has 0 unspecified atom stereocenters. The van der Waals surface area contributed by atoms with Crippen LogP contribution >= 0.6 is 0 Å². The molecular formula is C48H26N4O. The van der Waals surface area contributed by atoms with Crippen molar-refractivity contribution in [3.05, 3.63) is 169 Å². The maximum atomic E-state index is 10.6. The van der Waals surface area contributed by atoms with E-state index in [2.05, 4.69) is 137 Å². The van der Waals surface area contributed by atoms with Crippen molar-refractivity contribution in [2.45, 2.75) is 0 Å². The van der Waals surface area contributed by atoms with E-state index in [4.69, 9.17) is 4.42 Å². The van der Waals surface area contributed by atoms with E-state index in [9.17, 15) is 10.5 Å². The molecule has 0 spiro atoms. The van der Waals surface area contributed by atoms with E-state index in [0.717, 1.165) is 98.8 Å². The van der Waals surface area contributed by atoms with Crippen molar-refractivity contribution in [3.8, 4) is 34.6 Å². The summed E-state index contributed by atoms with van der Waals surface area (Å²) in [5.41, 5.74) is 10.1. The Bertz CT molecular complexity index is 3440. The topological polar surface area (TPSA) is 70.6 Å². The minimum absolute atomic E-state index is 0.429. The van der Waals surface area contributed by atoms with Crippen molar-refractivity contribution >= 4 is 76.3 Å². The van der Waals surface area contributed by atoms with E-state index in [1.165, 1.54) is 0 Å². The molecule has 0 fully saturated rings. The minimum atomic E-state index is 0.429. The van der Waals surface area contributed by atoms with Crippen LogP contribution in [0.1, 0.15) is 11.1 Å². The Morgan fingerprint density at radius 3 is 1.75 bits per heavy atom. The van der Waals surface area contributed by atoms with Crippen LogP contribution in [0.3, 0.4) is 0 Å². The average Bonchev–Trinajstić information content (AvgIpc) is 3.87. The van der Waals surface area contributed by atoms with Gasteiger partial charge >= 0.3 is 0 Å². The van der Waals surface area contributed by atoms with Crippen LogP contribution in [0.5, 0.6) is 0 Å². The molecule has 5 nitrogen and oxygen atoms in total. The molecule has 0 aliphatic rings. The second-order valence-corrected chi connectivity index (χ2v) is 13.5. The van der Waals surface area contributed by atoms with Crippen molar-refractivity contribution in [2.24, 2.45) is 0 Å². The predicted octanol–water partition coefficient (Wildman–Crippen LogP) is 12.3. The van der Waals surface area contributed by atoms with Gasteiger partial charge in [-0.25, -0.2) is 0 Å². The average molecular weight is 675 g/mol. The van der Waals surface area contributed by atoms with Gasteiger partial charge in [0.2, 0.25) is 0 Å². The van der Waals surface area contributed by atoms with Gasteiger partial charge in [-0.3, -0.25) is 0 Å². The summed E-state index contributed by atoms with van der Waals surface area (Å²) in [5, 5.41) is 30.1. The molecule has 0 atom stereocenters. The first-order valence-electron chi connectivity index (χ1n) is 17.5. The van der Waals surface area contributed by atoms with E-state index in [-0.39, 0.29) is 0 Å². The summed E-state index contributed by atoms with van der Waals surface area (Å²) >= 11 is 0. The number of fused-ring (bicyclic) bond motifs is 11. The first kappa shape index (κ1) is 29.2. The van der Waals surface area contributed by atoms with Gasteiger partial charge in [0.15, 0.2) is 0 Å². The highest BCUT2D eigenvalue weighted by atomic mass is 16.3. The lowest BCUT2D eigenvalue weighted by atomic mass is 10.0. The summed E-state index contributed by atoms with van der Waals surface area (Å²) in [5.74, 6) is 0. The Labute approximate surface area is 303 Å². The molecule has 0 saturated carbocycles. The molecule has 3 heterocycles. The zero-order valence-electron chi connectivity index (χ0n) is 28.2. The van der Waals surface area contributed by atoms with Gasteiger partial charge in [0, 0.05) is 32.3 Å². The standard InChI is InChI=1S/C48H26N4O/c49-27-32-23-33(28-50)45(52-41-15-7-4-13-38(41)48-34-10-2-1-9-29(34)18-22-43(48)52)26-44(32)51-40-14-6-3-11-35(40)39-24-30(19-21-42(39)51)31-17-20-37-36-12-5-8-16-46(36)53-47(37)25-31/h1-26H. The van der Waals surface area contributed by atoms with Crippen LogP contribution in [0, 0.1) is 22.7 Å². The first-order valence-corrected chi connectivity index (χ1v) is 17.5. The second-order valence-electron chi connectivity index (χ2n) is 13.5. The van der Waals surface area contributed by atoms with Crippen LogP contribution in [0.2, 0.25) is 0 Å². The molecule has 53 heavy (non-hydrogen) atoms. The van der Waals surface area contributed by atoms with Crippen LogP contribution < -0.4 is 0 Å². The molecule has 11 rings (SSSR count). The number of hydrogen-bond acceptors (Lipinski definition) is 3. The molecular weight excluding hydrogens is 649 g/mol. The summed E-state index contributed by atoms with van der Waals surface area (Å²) in [6.07, 6.45) is 0. The van der Waals surface area contributed by atoms with E-state index in [1.54, 1.807) is 6.07 Å². The number of rotatable bonds is 3. The highest BCUT2D eigenvalue weighted by Crippen LogP contribution is 2.41. The summed E-state index contributed by atoms with van der Waals surface area (Å²) in [4.78, 5) is 0. The largest absolute Gasteiger partial charge is 0.456 e. The predicted molar refractivity (Wildman–Crippen MR) is 215 cm³/mol. The van der Waals surface area contributed by atoms with E-state index >= 15 is 0 Å². The lowest BCUT2D eigenvalue weighted by molar-refractivity contribution is 0.669. The fourth-order valence-corrected chi connectivity index (χ4v) is 8.44. The number of furan rings is 1. The highest BCUT2D eigenvalue weighted by molar-refractivity contribution is 6.21. The van der Waals surface area contributed by atoms with Gasteiger partial charge in [-0.05, 0) is 82.6 Å². The van der Waals surface area contributed by atoms with Crippen molar-refractivity contribution in [1.29, 1.82) is 10.5 Å².